The Labute approximate surface area is 312 Å². The van der Waals surface area contributed by atoms with Gasteiger partial charge in [0, 0.05) is 5.75 Å². The number of amides is 3. The molecule has 0 saturated carbocycles. The molecule has 4 aromatic carbocycles. The minimum absolute atomic E-state index is 0.0183. The summed E-state index contributed by atoms with van der Waals surface area (Å²) in [5, 5.41) is 14.6. The first-order chi connectivity index (χ1) is 25.5. The first-order valence-electron chi connectivity index (χ1n) is 17.3. The summed E-state index contributed by atoms with van der Waals surface area (Å²) in [6.07, 6.45) is 2.87. The lowest BCUT2D eigenvalue weighted by atomic mass is 9.99. The molecule has 272 valence electrons. The van der Waals surface area contributed by atoms with Gasteiger partial charge >= 0.3 is 12.1 Å². The van der Waals surface area contributed by atoms with Gasteiger partial charge in [-0.1, -0.05) is 115 Å². The van der Waals surface area contributed by atoms with Crippen LogP contribution in [0.25, 0.3) is 0 Å². The van der Waals surface area contributed by atoms with Crippen molar-refractivity contribution in [1.29, 1.82) is 0 Å². The van der Waals surface area contributed by atoms with Crippen LogP contribution in [-0.4, -0.2) is 56.7 Å². The minimum Gasteiger partial charge on any atom is -0.508 e. The molecular weight excluding hydrogens is 691 g/mol. The number of hydrogen-bond donors (Lipinski definition) is 3. The van der Waals surface area contributed by atoms with Gasteiger partial charge in [-0.2, -0.15) is 0 Å². The number of allylic oxidation sites excluding steroid dienone is 2. The van der Waals surface area contributed by atoms with E-state index in [-0.39, 0.29) is 11.4 Å². The molecule has 3 atom stereocenters. The quantitative estimate of drug-likeness (QED) is 0.114. The van der Waals surface area contributed by atoms with Crippen LogP contribution in [0, 0.1) is 0 Å². The van der Waals surface area contributed by atoms with Crippen LogP contribution in [0.5, 0.6) is 5.75 Å². The highest BCUT2D eigenvalue weighted by molar-refractivity contribution is 8.00. The van der Waals surface area contributed by atoms with Crippen molar-refractivity contribution in [2.75, 3.05) is 5.75 Å². The number of phenolic OH excluding ortho intramolecular Hbond substituents is 1. The number of esters is 1. The van der Waals surface area contributed by atoms with Crippen molar-refractivity contribution in [3.05, 3.63) is 161 Å². The van der Waals surface area contributed by atoms with Crippen molar-refractivity contribution in [1.82, 2.24) is 15.5 Å². The number of carbonyl (C=O) groups is 4. The van der Waals surface area contributed by atoms with E-state index in [2.05, 4.69) is 10.6 Å². The molecule has 1 saturated heterocycles. The van der Waals surface area contributed by atoms with Gasteiger partial charge in [0.25, 0.3) is 5.91 Å². The van der Waals surface area contributed by atoms with Crippen molar-refractivity contribution >= 4 is 35.6 Å². The Morgan fingerprint density at radius 3 is 2.04 bits per heavy atom. The zero-order valence-corrected chi connectivity index (χ0v) is 30.4. The van der Waals surface area contributed by atoms with Crippen LogP contribution in [0.4, 0.5) is 4.79 Å². The van der Waals surface area contributed by atoms with Crippen LogP contribution < -0.4 is 10.6 Å². The molecule has 0 aromatic heterocycles. The fourth-order valence-corrected chi connectivity index (χ4v) is 7.41. The molecule has 53 heavy (non-hydrogen) atoms. The molecule has 0 bridgehead atoms. The van der Waals surface area contributed by atoms with Crippen molar-refractivity contribution in [3.63, 3.8) is 0 Å². The molecule has 0 radical (unpaired) electrons. The molecule has 1 unspecified atom stereocenters. The molecule has 1 fully saturated rings. The van der Waals surface area contributed by atoms with Crippen LogP contribution >= 0.6 is 11.8 Å². The normalized spacial score (nSPS) is 17.5. The Morgan fingerprint density at radius 1 is 0.868 bits per heavy atom. The maximum atomic E-state index is 14.3. The molecule has 2 aliphatic rings. The highest BCUT2D eigenvalue weighted by Crippen LogP contribution is 2.42. The molecule has 2 aliphatic heterocycles. The van der Waals surface area contributed by atoms with E-state index in [0.29, 0.717) is 23.3 Å². The summed E-state index contributed by atoms with van der Waals surface area (Å²) >= 11 is 1.41. The number of benzene rings is 4. The van der Waals surface area contributed by atoms with Crippen LogP contribution in [0.1, 0.15) is 55.2 Å². The summed E-state index contributed by atoms with van der Waals surface area (Å²) in [5.74, 6) is -1.46. The molecular formula is C42H41N3O7S. The lowest BCUT2D eigenvalue weighted by Gasteiger charge is -2.49. The van der Waals surface area contributed by atoms with Crippen molar-refractivity contribution in [2.45, 2.75) is 56.4 Å². The smallest absolute Gasteiger partial charge is 0.408 e. The number of nitrogens with one attached hydrogen (secondary N) is 2. The van der Waals surface area contributed by atoms with Crippen molar-refractivity contribution in [3.8, 4) is 5.75 Å². The Morgan fingerprint density at radius 2 is 1.45 bits per heavy atom. The molecule has 10 nitrogen and oxygen atoms in total. The van der Waals surface area contributed by atoms with Gasteiger partial charge in [-0.15, -0.1) is 11.8 Å². The predicted molar refractivity (Wildman–Crippen MR) is 202 cm³/mol. The number of phenols is 1. The highest BCUT2D eigenvalue weighted by Gasteiger charge is 2.55. The number of aromatic hydroxyl groups is 1. The maximum Gasteiger partial charge on any atom is 0.408 e. The van der Waals surface area contributed by atoms with E-state index < -0.39 is 53.0 Å². The first-order valence-corrected chi connectivity index (χ1v) is 18.3. The average Bonchev–Trinajstić information content (AvgIpc) is 3.15. The van der Waals surface area contributed by atoms with E-state index in [1.807, 2.05) is 103 Å². The Bertz CT molecular complexity index is 1960. The number of rotatable bonds is 11. The molecule has 2 heterocycles. The van der Waals surface area contributed by atoms with E-state index in [9.17, 15) is 24.3 Å². The monoisotopic (exact) mass is 731 g/mol. The fraction of sp³-hybridized carbons (Fsp3) is 0.238. The number of ether oxygens (including phenoxy) is 2. The second kappa shape index (κ2) is 16.2. The zero-order valence-electron chi connectivity index (χ0n) is 29.6. The third-order valence-corrected chi connectivity index (χ3v) is 9.89. The summed E-state index contributed by atoms with van der Waals surface area (Å²) < 4.78 is 11.7. The topological polar surface area (TPSA) is 134 Å². The second-order valence-corrected chi connectivity index (χ2v) is 14.7. The SMILES string of the molecule is CC(C)(C)OC(=O)NC(C(=O)N[C@@H]1C(=O)N2C(C(=O)OC(c3ccccc3)c3ccccc3)=C(/C=C\Cc3ccccc3)CS[C@@H]12)c1ccc(O)cc1. The summed E-state index contributed by atoms with van der Waals surface area (Å²) in [7, 11) is 0. The van der Waals surface area contributed by atoms with Gasteiger partial charge in [-0.3, -0.25) is 14.5 Å². The fourth-order valence-electron chi connectivity index (χ4n) is 6.09. The maximum absolute atomic E-state index is 14.3. The molecule has 3 amide bonds. The number of β-lactam (4-membered cyclic amide) rings is 1. The summed E-state index contributed by atoms with van der Waals surface area (Å²) in [6, 6.07) is 32.3. The summed E-state index contributed by atoms with van der Waals surface area (Å²) in [4.78, 5) is 56.4. The predicted octanol–water partition coefficient (Wildman–Crippen LogP) is 6.74. The standard InChI is InChI=1S/C42H41N3O7S/c1-42(2,3)52-41(50)44-33(28-22-24-32(46)25-23-28)37(47)43-34-38(48)45-35(31(26-53-39(34)45)21-13-16-27-14-7-4-8-15-27)40(49)51-36(29-17-9-5-10-18-29)30-19-11-6-12-20-30/h4-15,17-25,33-34,36,39,46H,16,26H2,1-3H3,(H,43,47)(H,44,50)/b21-13-/t33?,34-,39+/m1/s1. The molecule has 0 aliphatic carbocycles. The number of nitrogens with zero attached hydrogens (tertiary/aromatic N) is 1. The van der Waals surface area contributed by atoms with Crippen LogP contribution in [0.15, 0.2) is 139 Å². The lowest BCUT2D eigenvalue weighted by molar-refractivity contribution is -0.154. The van der Waals surface area contributed by atoms with Crippen molar-refractivity contribution < 1.29 is 33.8 Å². The molecule has 4 aromatic rings. The van der Waals surface area contributed by atoms with E-state index >= 15 is 0 Å². The van der Waals surface area contributed by atoms with Gasteiger partial charge in [0.15, 0.2) is 6.10 Å². The van der Waals surface area contributed by atoms with E-state index in [4.69, 9.17) is 9.47 Å². The third-order valence-electron chi connectivity index (χ3n) is 8.58. The van der Waals surface area contributed by atoms with Gasteiger partial charge in [0.2, 0.25) is 5.91 Å². The van der Waals surface area contributed by atoms with Gasteiger partial charge in [-0.05, 0) is 67.2 Å². The third kappa shape index (κ3) is 8.99. The second-order valence-electron chi connectivity index (χ2n) is 13.6. The number of fused-ring (bicyclic) bond motifs is 1. The van der Waals surface area contributed by atoms with Gasteiger partial charge in [0.1, 0.15) is 34.5 Å². The molecule has 6 rings (SSSR count). The number of alkyl carbamates (subject to hydrolysis) is 1. The number of hydrogen-bond acceptors (Lipinski definition) is 8. The van der Waals surface area contributed by atoms with Crippen LogP contribution in [-0.2, 0) is 30.3 Å². The van der Waals surface area contributed by atoms with Crippen molar-refractivity contribution in [2.24, 2.45) is 0 Å². The number of thioether (sulfide) groups is 1. The van der Waals surface area contributed by atoms with Crippen LogP contribution in [0.2, 0.25) is 0 Å². The lowest BCUT2D eigenvalue weighted by Crippen LogP contribution is -2.71. The molecule has 0 spiro atoms. The summed E-state index contributed by atoms with van der Waals surface area (Å²) in [5.41, 5.74) is 2.92. The highest BCUT2D eigenvalue weighted by atomic mass is 32.2. The van der Waals surface area contributed by atoms with E-state index in [0.717, 1.165) is 16.7 Å². The first kappa shape index (κ1) is 37.0. The van der Waals surface area contributed by atoms with E-state index in [1.54, 1.807) is 20.8 Å². The van der Waals surface area contributed by atoms with Gasteiger partial charge in [-0.25, -0.2) is 9.59 Å². The average molecular weight is 732 g/mol. The zero-order chi connectivity index (χ0) is 37.5. The summed E-state index contributed by atoms with van der Waals surface area (Å²) in [6.45, 7) is 5.10. The largest absolute Gasteiger partial charge is 0.508 e. The minimum atomic E-state index is -1.24. The van der Waals surface area contributed by atoms with E-state index in [1.165, 1.54) is 40.9 Å². The van der Waals surface area contributed by atoms with Gasteiger partial charge in [0.05, 0.1) is 0 Å². The van der Waals surface area contributed by atoms with Crippen LogP contribution in [0.3, 0.4) is 0 Å². The molecule has 3 N–H and O–H groups in total. The Hall–Kier alpha value is -5.81. The number of carbonyl (C=O) groups excluding carboxylic acids is 4. The molecule has 11 heteroatoms. The van der Waals surface area contributed by atoms with Gasteiger partial charge < -0.3 is 25.2 Å². The Balaban J connectivity index is 1.28. The Kier molecular flexibility index (Phi) is 11.3.